The molecule has 11 heteroatoms. The number of carboxylic acids is 1. The highest BCUT2D eigenvalue weighted by Gasteiger charge is 2.41. The lowest BCUT2D eigenvalue weighted by Gasteiger charge is -2.15. The minimum absolute atomic E-state index is 0.0460. The molecule has 0 spiro atoms. The lowest BCUT2D eigenvalue weighted by molar-refractivity contribution is -0.148. The van der Waals surface area contributed by atoms with Gasteiger partial charge in [0.2, 0.25) is 5.88 Å². The number of ether oxygens (including phenoxy) is 1. The number of pyridine rings is 2. The number of nitrogens with one attached hydrogen (secondary N) is 1. The first-order valence-corrected chi connectivity index (χ1v) is 7.37. The normalized spacial score (nSPS) is 11.3. The van der Waals surface area contributed by atoms with Crippen LogP contribution in [-0.4, -0.2) is 45.9 Å². The fourth-order valence-electron chi connectivity index (χ4n) is 1.88. The van der Waals surface area contributed by atoms with Crippen LogP contribution in [0.25, 0.3) is 0 Å². The van der Waals surface area contributed by atoms with Crippen molar-refractivity contribution in [2.24, 2.45) is 0 Å². The molecule has 0 saturated carbocycles. The minimum atomic E-state index is -4.31. The van der Waals surface area contributed by atoms with Gasteiger partial charge in [0.15, 0.2) is 6.61 Å². The molecule has 0 unspecified atom stereocenters. The summed E-state index contributed by atoms with van der Waals surface area (Å²) in [7, 11) is 0. The number of aromatic nitrogens is 2. The summed E-state index contributed by atoms with van der Waals surface area (Å²) in [6, 6.07) is 4.84. The van der Waals surface area contributed by atoms with Crippen LogP contribution in [0.2, 0.25) is 0 Å². The van der Waals surface area contributed by atoms with Gasteiger partial charge in [-0.3, -0.25) is 4.79 Å². The third-order valence-corrected chi connectivity index (χ3v) is 3.27. The predicted molar refractivity (Wildman–Crippen MR) is 84.6 cm³/mol. The minimum Gasteiger partial charge on any atom is -0.478 e. The van der Waals surface area contributed by atoms with E-state index in [9.17, 15) is 27.2 Å². The van der Waals surface area contributed by atoms with E-state index in [1.807, 2.05) is 0 Å². The smallest absolute Gasteiger partial charge is 0.340 e. The zero-order valence-electron chi connectivity index (χ0n) is 13.7. The van der Waals surface area contributed by atoms with Crippen molar-refractivity contribution in [1.29, 1.82) is 0 Å². The largest absolute Gasteiger partial charge is 0.478 e. The number of alkyl halides is 4. The molecule has 2 rings (SSSR count). The number of amides is 1. The van der Waals surface area contributed by atoms with Crippen LogP contribution in [0.15, 0.2) is 30.5 Å². The van der Waals surface area contributed by atoms with Crippen molar-refractivity contribution in [3.8, 4) is 5.88 Å². The molecule has 27 heavy (non-hydrogen) atoms. The van der Waals surface area contributed by atoms with Crippen LogP contribution in [-0.2, 0) is 0 Å². The Balaban J connectivity index is 2.01. The third kappa shape index (κ3) is 5.12. The molecule has 0 aliphatic heterocycles. The maximum absolute atomic E-state index is 12.8. The van der Waals surface area contributed by atoms with Crippen LogP contribution in [0.3, 0.4) is 0 Å². The second-order valence-electron chi connectivity index (χ2n) is 5.32. The van der Waals surface area contributed by atoms with Gasteiger partial charge in [0.25, 0.3) is 5.91 Å². The molecule has 2 heterocycles. The van der Waals surface area contributed by atoms with Crippen LogP contribution < -0.4 is 10.1 Å². The maximum Gasteiger partial charge on any atom is 0.340 e. The van der Waals surface area contributed by atoms with Crippen molar-refractivity contribution in [1.82, 2.24) is 9.97 Å². The van der Waals surface area contributed by atoms with Gasteiger partial charge in [-0.2, -0.15) is 8.78 Å². The summed E-state index contributed by atoms with van der Waals surface area (Å²) in [5, 5.41) is 11.3. The molecule has 2 aromatic heterocycles. The highest BCUT2D eigenvalue weighted by molar-refractivity contribution is 6.03. The number of nitrogens with zero attached hydrogens (tertiary/aromatic N) is 2. The summed E-state index contributed by atoms with van der Waals surface area (Å²) in [5.74, 6) is -6.47. The molecule has 2 N–H and O–H groups in total. The number of carbonyl (C=O) groups excluding carboxylic acids is 1. The second kappa shape index (κ2) is 7.98. The summed E-state index contributed by atoms with van der Waals surface area (Å²) < 4.78 is 54.2. The zero-order valence-corrected chi connectivity index (χ0v) is 13.7. The Morgan fingerprint density at radius 3 is 2.48 bits per heavy atom. The van der Waals surface area contributed by atoms with Crippen molar-refractivity contribution >= 4 is 17.6 Å². The van der Waals surface area contributed by atoms with E-state index in [-0.39, 0.29) is 28.5 Å². The Kier molecular flexibility index (Phi) is 5.93. The number of aryl methyl sites for hydroxylation is 1. The van der Waals surface area contributed by atoms with Gasteiger partial charge < -0.3 is 15.2 Å². The van der Waals surface area contributed by atoms with E-state index in [4.69, 9.17) is 5.11 Å². The van der Waals surface area contributed by atoms with Crippen molar-refractivity contribution in [3.05, 3.63) is 47.4 Å². The van der Waals surface area contributed by atoms with Gasteiger partial charge in [0, 0.05) is 6.07 Å². The summed E-state index contributed by atoms with van der Waals surface area (Å²) in [6.07, 6.45) is -2.79. The molecule has 2 aromatic rings. The van der Waals surface area contributed by atoms with Gasteiger partial charge in [-0.25, -0.2) is 23.5 Å². The number of aromatic carboxylic acids is 1. The SMILES string of the molecule is Cc1nc(C(=O)Nc2ccc(OCC(F)(F)C(F)F)nc2)ccc1C(=O)O. The number of halogens is 4. The fourth-order valence-corrected chi connectivity index (χ4v) is 1.88. The van der Waals surface area contributed by atoms with Crippen LogP contribution in [0.1, 0.15) is 26.5 Å². The molecule has 7 nitrogen and oxygen atoms in total. The number of carboxylic acid groups (broad SMARTS) is 1. The van der Waals surface area contributed by atoms with E-state index in [0.717, 1.165) is 12.3 Å². The molecule has 1 amide bonds. The Morgan fingerprint density at radius 1 is 1.26 bits per heavy atom. The Hall–Kier alpha value is -3.24. The molecule has 0 atom stereocenters. The van der Waals surface area contributed by atoms with Gasteiger partial charge >= 0.3 is 18.3 Å². The second-order valence-corrected chi connectivity index (χ2v) is 5.32. The van der Waals surface area contributed by atoms with E-state index >= 15 is 0 Å². The van der Waals surface area contributed by atoms with E-state index in [1.165, 1.54) is 25.1 Å². The Bertz CT molecular complexity index is 844. The van der Waals surface area contributed by atoms with E-state index in [1.54, 1.807) is 0 Å². The number of rotatable bonds is 7. The van der Waals surface area contributed by atoms with E-state index in [0.29, 0.717) is 0 Å². The number of carbonyl (C=O) groups is 2. The molecule has 0 fully saturated rings. The molecule has 0 bridgehead atoms. The highest BCUT2D eigenvalue weighted by Crippen LogP contribution is 2.24. The Morgan fingerprint density at radius 2 is 1.96 bits per heavy atom. The van der Waals surface area contributed by atoms with Crippen molar-refractivity contribution in [2.45, 2.75) is 19.3 Å². The number of hydrogen-bond acceptors (Lipinski definition) is 5. The molecule has 0 aromatic carbocycles. The summed E-state index contributed by atoms with van der Waals surface area (Å²) in [4.78, 5) is 30.5. The molecule has 144 valence electrons. The predicted octanol–water partition coefficient (Wildman–Crippen LogP) is 3.01. The molecule has 0 radical (unpaired) electrons. The molecular formula is C16H13F4N3O4. The molecular weight excluding hydrogens is 374 g/mol. The average Bonchev–Trinajstić information content (AvgIpc) is 2.60. The van der Waals surface area contributed by atoms with Crippen molar-refractivity contribution < 1.29 is 37.0 Å². The van der Waals surface area contributed by atoms with E-state index in [2.05, 4.69) is 20.0 Å². The molecule has 0 saturated heterocycles. The molecule has 0 aliphatic carbocycles. The fraction of sp³-hybridized carbons (Fsp3) is 0.250. The van der Waals surface area contributed by atoms with Crippen LogP contribution in [0.5, 0.6) is 5.88 Å². The average molecular weight is 387 g/mol. The maximum atomic E-state index is 12.8. The first-order chi connectivity index (χ1) is 12.6. The van der Waals surface area contributed by atoms with Crippen molar-refractivity contribution in [3.63, 3.8) is 0 Å². The first kappa shape index (κ1) is 20.1. The summed E-state index contributed by atoms with van der Waals surface area (Å²) in [5.41, 5.74) is 0.219. The summed E-state index contributed by atoms with van der Waals surface area (Å²) >= 11 is 0. The van der Waals surface area contributed by atoms with Gasteiger partial charge in [-0.05, 0) is 25.1 Å². The number of anilines is 1. The lowest BCUT2D eigenvalue weighted by atomic mass is 10.2. The first-order valence-electron chi connectivity index (χ1n) is 7.37. The highest BCUT2D eigenvalue weighted by atomic mass is 19.3. The van der Waals surface area contributed by atoms with Gasteiger partial charge in [0.05, 0.1) is 23.1 Å². The van der Waals surface area contributed by atoms with Crippen LogP contribution in [0.4, 0.5) is 23.2 Å². The molecule has 0 aliphatic rings. The van der Waals surface area contributed by atoms with Crippen LogP contribution in [0, 0.1) is 6.92 Å². The lowest BCUT2D eigenvalue weighted by Crippen LogP contribution is -2.33. The third-order valence-electron chi connectivity index (χ3n) is 3.27. The van der Waals surface area contributed by atoms with Gasteiger partial charge in [-0.1, -0.05) is 0 Å². The van der Waals surface area contributed by atoms with Gasteiger partial charge in [0.1, 0.15) is 5.69 Å². The summed E-state index contributed by atoms with van der Waals surface area (Å²) in [6.45, 7) is -0.106. The van der Waals surface area contributed by atoms with Gasteiger partial charge in [-0.15, -0.1) is 0 Å². The quantitative estimate of drug-likeness (QED) is 0.709. The van der Waals surface area contributed by atoms with E-state index < -0.39 is 30.8 Å². The zero-order chi connectivity index (χ0) is 20.2. The monoisotopic (exact) mass is 387 g/mol. The Labute approximate surface area is 150 Å². The van der Waals surface area contributed by atoms with Crippen molar-refractivity contribution in [2.75, 3.05) is 11.9 Å². The topological polar surface area (TPSA) is 101 Å². The standard InChI is InChI=1S/C16H13F4N3O4/c1-8-10(14(25)26)3-4-11(22-8)13(24)23-9-2-5-12(21-6-9)27-7-16(19,20)15(17)18/h2-6,15H,7H2,1H3,(H,23,24)(H,25,26). The van der Waals surface area contributed by atoms with Crippen LogP contribution >= 0.6 is 0 Å². The number of hydrogen-bond donors (Lipinski definition) is 2.